The van der Waals surface area contributed by atoms with Crippen molar-refractivity contribution in [1.29, 1.82) is 0 Å². The molecule has 1 aliphatic rings. The molecule has 0 aromatic heterocycles. The predicted octanol–water partition coefficient (Wildman–Crippen LogP) is 2.91. The Labute approximate surface area is 116 Å². The number of rotatable bonds is 4. The third-order valence-corrected chi connectivity index (χ3v) is 4.68. The molecule has 0 fully saturated rings. The van der Waals surface area contributed by atoms with Crippen LogP contribution in [0.4, 0.5) is 0 Å². The van der Waals surface area contributed by atoms with Crippen molar-refractivity contribution in [2.45, 2.75) is 32.2 Å². The second-order valence-corrected chi connectivity index (χ2v) is 5.48. The van der Waals surface area contributed by atoms with Gasteiger partial charge in [-0.2, -0.15) is 0 Å². The summed E-state index contributed by atoms with van der Waals surface area (Å²) in [7, 11) is 0. The highest BCUT2D eigenvalue weighted by atomic mass is 79.9. The number of nitrogens with one attached hydrogen (secondary N) is 1. The summed E-state index contributed by atoms with van der Waals surface area (Å²) in [5.41, 5.74) is 1.63. The molecule has 0 saturated heterocycles. The van der Waals surface area contributed by atoms with Crippen molar-refractivity contribution < 1.29 is 9.53 Å². The van der Waals surface area contributed by atoms with Crippen LogP contribution < -0.4 is 10.1 Å². The first-order chi connectivity index (χ1) is 8.58. The highest BCUT2D eigenvalue weighted by Gasteiger charge is 2.24. The van der Waals surface area contributed by atoms with Gasteiger partial charge in [-0.05, 0) is 37.1 Å². The van der Waals surface area contributed by atoms with Crippen LogP contribution in [-0.2, 0) is 6.42 Å². The molecule has 0 radical (unpaired) electrons. The molecule has 0 aliphatic carbocycles. The predicted molar refractivity (Wildman–Crippen MR) is 75.6 cm³/mol. The van der Waals surface area contributed by atoms with E-state index >= 15 is 0 Å². The van der Waals surface area contributed by atoms with Gasteiger partial charge >= 0.3 is 0 Å². The van der Waals surface area contributed by atoms with Gasteiger partial charge < -0.3 is 10.1 Å². The van der Waals surface area contributed by atoms with Crippen LogP contribution in [0.25, 0.3) is 0 Å². The Morgan fingerprint density at radius 3 is 3.00 bits per heavy atom. The van der Waals surface area contributed by atoms with Gasteiger partial charge in [-0.3, -0.25) is 4.79 Å². The minimum Gasteiger partial charge on any atom is -0.493 e. The molecule has 2 rings (SSSR count). The minimum atomic E-state index is -0.202. The van der Waals surface area contributed by atoms with Crippen molar-refractivity contribution in [2.24, 2.45) is 0 Å². The van der Waals surface area contributed by atoms with E-state index in [0.29, 0.717) is 12.2 Å². The van der Waals surface area contributed by atoms with Crippen molar-refractivity contribution in [1.82, 2.24) is 5.32 Å². The van der Waals surface area contributed by atoms with Crippen molar-refractivity contribution in [3.63, 3.8) is 0 Å². The number of carbonyl (C=O) groups excluding carboxylic acids is 1. The van der Waals surface area contributed by atoms with Gasteiger partial charge in [0.1, 0.15) is 5.75 Å². The van der Waals surface area contributed by atoms with E-state index in [4.69, 9.17) is 4.74 Å². The fourth-order valence-corrected chi connectivity index (χ4v) is 2.43. The maximum Gasteiger partial charge on any atom is 0.251 e. The Balaban J connectivity index is 2.14. The van der Waals surface area contributed by atoms with Crippen LogP contribution in [0.15, 0.2) is 18.2 Å². The van der Waals surface area contributed by atoms with Crippen LogP contribution >= 0.6 is 15.9 Å². The Morgan fingerprint density at radius 2 is 2.33 bits per heavy atom. The number of hydrogen-bond donors (Lipinski definition) is 1. The lowest BCUT2D eigenvalue weighted by molar-refractivity contribution is 0.0913. The zero-order chi connectivity index (χ0) is 13.2. The molecular formula is C14H18BrNO2. The lowest BCUT2D eigenvalue weighted by Gasteiger charge is -2.27. The van der Waals surface area contributed by atoms with E-state index in [1.54, 1.807) is 0 Å². The number of alkyl halides is 1. The van der Waals surface area contributed by atoms with Gasteiger partial charge in [-0.1, -0.05) is 22.9 Å². The van der Waals surface area contributed by atoms with Crippen molar-refractivity contribution in [2.75, 3.05) is 11.9 Å². The summed E-state index contributed by atoms with van der Waals surface area (Å²) in [6, 6.07) is 5.64. The van der Waals surface area contributed by atoms with Crippen LogP contribution in [0.1, 0.15) is 36.2 Å². The van der Waals surface area contributed by atoms with E-state index in [0.717, 1.165) is 29.5 Å². The maximum atomic E-state index is 12.2. The van der Waals surface area contributed by atoms with E-state index in [9.17, 15) is 4.79 Å². The average molecular weight is 312 g/mol. The van der Waals surface area contributed by atoms with E-state index in [1.165, 1.54) is 0 Å². The summed E-state index contributed by atoms with van der Waals surface area (Å²) in [6.07, 6.45) is 1.78. The Morgan fingerprint density at radius 1 is 1.56 bits per heavy atom. The van der Waals surface area contributed by atoms with Crippen LogP contribution in [0.5, 0.6) is 5.75 Å². The van der Waals surface area contributed by atoms with Gasteiger partial charge in [-0.15, -0.1) is 0 Å². The average Bonchev–Trinajstić information content (AvgIpc) is 2.85. The third-order valence-electron chi connectivity index (χ3n) is 3.44. The molecule has 1 aromatic rings. The summed E-state index contributed by atoms with van der Waals surface area (Å²) in [4.78, 5) is 12.2. The van der Waals surface area contributed by atoms with Gasteiger partial charge in [0.2, 0.25) is 0 Å². The molecule has 3 nitrogen and oxygen atoms in total. The fourth-order valence-electron chi connectivity index (χ4n) is 1.89. The first-order valence-corrected chi connectivity index (χ1v) is 7.34. The Kier molecular flexibility index (Phi) is 3.95. The van der Waals surface area contributed by atoms with Gasteiger partial charge in [0, 0.05) is 22.9 Å². The molecule has 1 atom stereocenters. The molecule has 0 bridgehead atoms. The summed E-state index contributed by atoms with van der Waals surface area (Å²) in [5, 5.41) is 3.82. The van der Waals surface area contributed by atoms with Crippen LogP contribution in [-0.4, -0.2) is 23.4 Å². The largest absolute Gasteiger partial charge is 0.493 e. The summed E-state index contributed by atoms with van der Waals surface area (Å²) in [5.74, 6) is 0.888. The van der Waals surface area contributed by atoms with E-state index < -0.39 is 0 Å². The monoisotopic (exact) mass is 311 g/mol. The zero-order valence-electron chi connectivity index (χ0n) is 10.8. The van der Waals surface area contributed by atoms with E-state index in [2.05, 4.69) is 28.2 Å². The molecule has 1 aliphatic heterocycles. The van der Waals surface area contributed by atoms with Crippen molar-refractivity contribution in [3.8, 4) is 5.75 Å². The first-order valence-electron chi connectivity index (χ1n) is 6.22. The van der Waals surface area contributed by atoms with Crippen LogP contribution in [0.2, 0.25) is 0 Å². The number of fused-ring (bicyclic) bond motifs is 1. The van der Waals surface area contributed by atoms with Gasteiger partial charge in [-0.25, -0.2) is 0 Å². The number of halogens is 1. The van der Waals surface area contributed by atoms with E-state index in [-0.39, 0.29) is 11.4 Å². The number of hydrogen-bond acceptors (Lipinski definition) is 2. The van der Waals surface area contributed by atoms with Crippen molar-refractivity contribution in [3.05, 3.63) is 29.3 Å². The topological polar surface area (TPSA) is 38.3 Å². The summed E-state index contributed by atoms with van der Waals surface area (Å²) in [6.45, 7) is 4.82. The smallest absolute Gasteiger partial charge is 0.251 e. The van der Waals surface area contributed by atoms with Gasteiger partial charge in [0.05, 0.1) is 6.61 Å². The summed E-state index contributed by atoms with van der Waals surface area (Å²) >= 11 is 3.45. The second-order valence-electron chi connectivity index (χ2n) is 4.92. The van der Waals surface area contributed by atoms with Gasteiger partial charge in [0.25, 0.3) is 5.91 Å². The zero-order valence-corrected chi connectivity index (χ0v) is 12.3. The molecule has 0 saturated carbocycles. The molecule has 1 aromatic carbocycles. The Bertz CT molecular complexity index is 455. The number of benzene rings is 1. The minimum absolute atomic E-state index is 0.0199. The molecule has 1 unspecified atom stereocenters. The molecule has 1 amide bonds. The number of amides is 1. The SMILES string of the molecule is CCC(C)(CBr)NC(=O)c1ccc2c(c1)CCO2. The molecule has 1 N–H and O–H groups in total. The lowest BCUT2D eigenvalue weighted by atomic mass is 10.0. The van der Waals surface area contributed by atoms with Crippen molar-refractivity contribution >= 4 is 21.8 Å². The molecule has 0 spiro atoms. The second kappa shape index (κ2) is 5.31. The number of ether oxygens (including phenoxy) is 1. The lowest BCUT2D eigenvalue weighted by Crippen LogP contribution is -2.46. The standard InChI is InChI=1S/C14H18BrNO2/c1-3-14(2,9-15)16-13(17)11-4-5-12-10(8-11)6-7-18-12/h4-5,8H,3,6-7,9H2,1-2H3,(H,16,17). The van der Waals surface area contributed by atoms with Gasteiger partial charge in [0.15, 0.2) is 0 Å². The number of carbonyl (C=O) groups is 1. The van der Waals surface area contributed by atoms with E-state index in [1.807, 2.05) is 25.1 Å². The van der Waals surface area contributed by atoms with Crippen LogP contribution in [0, 0.1) is 0 Å². The molecular weight excluding hydrogens is 294 g/mol. The molecule has 4 heteroatoms. The maximum absolute atomic E-state index is 12.2. The normalized spacial score (nSPS) is 16.6. The molecule has 98 valence electrons. The first kappa shape index (κ1) is 13.4. The van der Waals surface area contributed by atoms with Crippen LogP contribution in [0.3, 0.4) is 0 Å². The third kappa shape index (κ3) is 2.69. The summed E-state index contributed by atoms with van der Waals surface area (Å²) < 4.78 is 5.44. The molecule has 18 heavy (non-hydrogen) atoms. The highest BCUT2D eigenvalue weighted by Crippen LogP contribution is 2.26. The Hall–Kier alpha value is -1.03. The quantitative estimate of drug-likeness (QED) is 0.868. The molecule has 1 heterocycles. The fraction of sp³-hybridized carbons (Fsp3) is 0.500. The highest BCUT2D eigenvalue weighted by molar-refractivity contribution is 9.09.